The summed E-state index contributed by atoms with van der Waals surface area (Å²) in [5, 5.41) is 3.06. The highest BCUT2D eigenvalue weighted by molar-refractivity contribution is 5.94. The first-order valence-electron chi connectivity index (χ1n) is 6.39. The number of hydrogen-bond acceptors (Lipinski definition) is 3. The first-order valence-corrected chi connectivity index (χ1v) is 6.39. The molecule has 0 aliphatic heterocycles. The third-order valence-electron chi connectivity index (χ3n) is 3.44. The molecule has 4 nitrogen and oxygen atoms in total. The minimum atomic E-state index is -0.0330. The summed E-state index contributed by atoms with van der Waals surface area (Å²) in [5.41, 5.74) is 6.49. The molecule has 4 heteroatoms. The van der Waals surface area contributed by atoms with Crippen molar-refractivity contribution in [1.82, 2.24) is 5.32 Å². The minimum Gasteiger partial charge on any atom is -0.497 e. The van der Waals surface area contributed by atoms with Crippen molar-refractivity contribution in [3.05, 3.63) is 29.8 Å². The molecule has 0 bridgehead atoms. The largest absolute Gasteiger partial charge is 0.497 e. The fraction of sp³-hybridized carbons (Fsp3) is 0.500. The van der Waals surface area contributed by atoms with Crippen molar-refractivity contribution in [3.8, 4) is 5.75 Å². The maximum Gasteiger partial charge on any atom is 0.251 e. The molecule has 0 saturated heterocycles. The van der Waals surface area contributed by atoms with Crippen LogP contribution >= 0.6 is 0 Å². The number of carbonyl (C=O) groups excluding carboxylic acids is 1. The normalized spacial score (nSPS) is 23.4. The van der Waals surface area contributed by atoms with Gasteiger partial charge in [-0.25, -0.2) is 0 Å². The van der Waals surface area contributed by atoms with Crippen molar-refractivity contribution in [3.63, 3.8) is 0 Å². The third kappa shape index (κ3) is 3.23. The second-order valence-electron chi connectivity index (χ2n) is 4.82. The maximum atomic E-state index is 12.1. The van der Waals surface area contributed by atoms with E-state index in [4.69, 9.17) is 10.5 Å². The predicted molar refractivity (Wildman–Crippen MR) is 70.7 cm³/mol. The van der Waals surface area contributed by atoms with E-state index in [2.05, 4.69) is 5.32 Å². The van der Waals surface area contributed by atoms with Crippen molar-refractivity contribution < 1.29 is 9.53 Å². The Hall–Kier alpha value is -1.55. The molecule has 1 fully saturated rings. The second-order valence-corrected chi connectivity index (χ2v) is 4.82. The number of rotatable bonds is 3. The van der Waals surface area contributed by atoms with Gasteiger partial charge in [-0.1, -0.05) is 6.07 Å². The highest BCUT2D eigenvalue weighted by Gasteiger charge is 2.20. The molecule has 1 aliphatic carbocycles. The Bertz CT molecular complexity index is 412. The highest BCUT2D eigenvalue weighted by Crippen LogP contribution is 2.18. The van der Waals surface area contributed by atoms with Crippen molar-refractivity contribution in [2.75, 3.05) is 7.11 Å². The molecule has 1 aromatic rings. The van der Waals surface area contributed by atoms with Crippen LogP contribution in [0, 0.1) is 0 Å². The number of hydrogen-bond donors (Lipinski definition) is 2. The second kappa shape index (κ2) is 5.87. The molecule has 0 spiro atoms. The average Bonchev–Trinajstić information content (AvgIpc) is 2.41. The van der Waals surface area contributed by atoms with Crippen LogP contribution in [0.4, 0.5) is 0 Å². The Labute approximate surface area is 108 Å². The average molecular weight is 248 g/mol. The minimum absolute atomic E-state index is 0.0330. The third-order valence-corrected chi connectivity index (χ3v) is 3.44. The zero-order valence-corrected chi connectivity index (χ0v) is 10.7. The molecular formula is C14H20N2O2. The molecule has 18 heavy (non-hydrogen) atoms. The Morgan fingerprint density at radius 1 is 1.33 bits per heavy atom. The van der Waals surface area contributed by atoms with Gasteiger partial charge in [0.05, 0.1) is 7.11 Å². The number of carbonyl (C=O) groups is 1. The lowest BCUT2D eigenvalue weighted by Gasteiger charge is -2.26. The number of benzene rings is 1. The van der Waals surface area contributed by atoms with E-state index in [1.807, 2.05) is 12.1 Å². The summed E-state index contributed by atoms with van der Waals surface area (Å²) in [6.07, 6.45) is 3.92. The number of nitrogens with one attached hydrogen (secondary N) is 1. The summed E-state index contributed by atoms with van der Waals surface area (Å²) < 4.78 is 5.11. The monoisotopic (exact) mass is 248 g/mol. The van der Waals surface area contributed by atoms with E-state index < -0.39 is 0 Å². The summed E-state index contributed by atoms with van der Waals surface area (Å²) in [5.74, 6) is 0.669. The van der Waals surface area contributed by atoms with E-state index in [1.165, 1.54) is 0 Å². The molecule has 3 N–H and O–H groups in total. The molecule has 1 saturated carbocycles. The van der Waals surface area contributed by atoms with E-state index in [0.717, 1.165) is 25.7 Å². The number of ether oxygens (including phenoxy) is 1. The van der Waals surface area contributed by atoms with Crippen LogP contribution in [-0.4, -0.2) is 25.1 Å². The van der Waals surface area contributed by atoms with E-state index in [1.54, 1.807) is 19.2 Å². The van der Waals surface area contributed by atoms with E-state index in [-0.39, 0.29) is 11.9 Å². The zero-order chi connectivity index (χ0) is 13.0. The maximum absolute atomic E-state index is 12.1. The van der Waals surface area contributed by atoms with Gasteiger partial charge in [0.25, 0.3) is 5.91 Å². The predicted octanol–water partition coefficient (Wildman–Crippen LogP) is 1.69. The Morgan fingerprint density at radius 3 is 2.72 bits per heavy atom. The van der Waals surface area contributed by atoms with Crippen molar-refractivity contribution in [2.45, 2.75) is 37.8 Å². The van der Waals surface area contributed by atoms with Gasteiger partial charge in [0.1, 0.15) is 5.75 Å². The van der Waals surface area contributed by atoms with E-state index >= 15 is 0 Å². The summed E-state index contributed by atoms with van der Waals surface area (Å²) >= 11 is 0. The molecule has 0 heterocycles. The van der Waals surface area contributed by atoms with Gasteiger partial charge < -0.3 is 15.8 Å². The molecule has 98 valence electrons. The van der Waals surface area contributed by atoms with Crippen LogP contribution in [-0.2, 0) is 0 Å². The van der Waals surface area contributed by atoms with Crippen molar-refractivity contribution in [1.29, 1.82) is 0 Å². The van der Waals surface area contributed by atoms with Gasteiger partial charge >= 0.3 is 0 Å². The fourth-order valence-electron chi connectivity index (χ4n) is 2.30. The molecule has 0 radical (unpaired) electrons. The summed E-state index contributed by atoms with van der Waals surface area (Å²) in [4.78, 5) is 12.1. The van der Waals surface area contributed by atoms with Crippen LogP contribution in [0.2, 0.25) is 0 Å². The summed E-state index contributed by atoms with van der Waals surface area (Å²) in [7, 11) is 1.60. The quantitative estimate of drug-likeness (QED) is 0.855. The first-order chi connectivity index (χ1) is 8.69. The molecule has 0 unspecified atom stereocenters. The Morgan fingerprint density at radius 2 is 2.06 bits per heavy atom. The smallest absolute Gasteiger partial charge is 0.251 e. The summed E-state index contributed by atoms with van der Waals surface area (Å²) in [6, 6.07) is 7.76. The standard InChI is InChI=1S/C14H20N2O2/c1-18-13-4-2-3-10(9-13)14(17)16-12-7-5-11(15)6-8-12/h2-4,9,11-12H,5-8,15H2,1H3,(H,16,17)/t11-,12+. The van der Waals surface area contributed by atoms with Gasteiger partial charge in [-0.3, -0.25) is 4.79 Å². The fourth-order valence-corrected chi connectivity index (χ4v) is 2.30. The van der Waals surface area contributed by atoms with Crippen molar-refractivity contribution in [2.24, 2.45) is 5.73 Å². The van der Waals surface area contributed by atoms with Crippen LogP contribution in [0.5, 0.6) is 5.75 Å². The molecular weight excluding hydrogens is 228 g/mol. The van der Waals surface area contributed by atoms with Gasteiger partial charge in [-0.15, -0.1) is 0 Å². The first kappa shape index (κ1) is 12.9. The van der Waals surface area contributed by atoms with Gasteiger partial charge in [0.2, 0.25) is 0 Å². The van der Waals surface area contributed by atoms with Gasteiger partial charge in [0.15, 0.2) is 0 Å². The van der Waals surface area contributed by atoms with Crippen LogP contribution < -0.4 is 15.8 Å². The zero-order valence-electron chi connectivity index (χ0n) is 10.7. The molecule has 1 aliphatic rings. The van der Waals surface area contributed by atoms with Crippen LogP contribution in [0.25, 0.3) is 0 Å². The van der Waals surface area contributed by atoms with Crippen LogP contribution in [0.3, 0.4) is 0 Å². The number of amides is 1. The molecule has 1 aromatic carbocycles. The van der Waals surface area contributed by atoms with E-state index in [9.17, 15) is 4.79 Å². The highest BCUT2D eigenvalue weighted by atomic mass is 16.5. The van der Waals surface area contributed by atoms with Gasteiger partial charge in [-0.05, 0) is 43.9 Å². The van der Waals surface area contributed by atoms with E-state index in [0.29, 0.717) is 17.4 Å². The molecule has 0 atom stereocenters. The van der Waals surface area contributed by atoms with Crippen LogP contribution in [0.1, 0.15) is 36.0 Å². The number of methoxy groups -OCH3 is 1. The topological polar surface area (TPSA) is 64.3 Å². The molecule has 0 aromatic heterocycles. The summed E-state index contributed by atoms with van der Waals surface area (Å²) in [6.45, 7) is 0. The van der Waals surface area contributed by atoms with Gasteiger partial charge in [-0.2, -0.15) is 0 Å². The van der Waals surface area contributed by atoms with Crippen molar-refractivity contribution >= 4 is 5.91 Å². The lowest BCUT2D eigenvalue weighted by atomic mass is 9.91. The lowest BCUT2D eigenvalue weighted by molar-refractivity contribution is 0.0925. The van der Waals surface area contributed by atoms with Gasteiger partial charge in [0, 0.05) is 17.6 Å². The molecule has 2 rings (SSSR count). The van der Waals surface area contributed by atoms with Crippen LogP contribution in [0.15, 0.2) is 24.3 Å². The Kier molecular flexibility index (Phi) is 4.20. The SMILES string of the molecule is COc1cccc(C(=O)N[C@H]2CC[C@@H](N)CC2)c1. The number of nitrogens with two attached hydrogens (primary N) is 1. The Balaban J connectivity index is 1.94. The molecule has 1 amide bonds. The lowest BCUT2D eigenvalue weighted by Crippen LogP contribution is -2.40.